The summed E-state index contributed by atoms with van der Waals surface area (Å²) in [4.78, 5) is 6.94. The summed E-state index contributed by atoms with van der Waals surface area (Å²) < 4.78 is 15.9. The Morgan fingerprint density at radius 3 is 2.36 bits per heavy atom. The molecular formula is C21H27N3O3S. The monoisotopic (exact) mass is 401 g/mol. The van der Waals surface area contributed by atoms with Crippen molar-refractivity contribution in [3.63, 3.8) is 0 Å². The number of amidine groups is 1. The molecule has 1 N–H and O–H groups in total. The van der Waals surface area contributed by atoms with Crippen LogP contribution >= 0.6 is 11.8 Å². The number of nitrogens with zero attached hydrogens (tertiary/aromatic N) is 2. The number of ether oxygens (including phenoxy) is 3. The highest BCUT2D eigenvalue weighted by atomic mass is 32.2. The largest absolute Gasteiger partial charge is 0.497 e. The molecule has 1 aliphatic rings. The number of nitrogens with one attached hydrogen (secondary N) is 1. The number of hydrogen-bond donors (Lipinski definition) is 1. The second kappa shape index (κ2) is 10.2. The Labute approximate surface area is 170 Å². The fourth-order valence-electron chi connectivity index (χ4n) is 2.89. The Morgan fingerprint density at radius 2 is 1.71 bits per heavy atom. The van der Waals surface area contributed by atoms with Gasteiger partial charge in [0.1, 0.15) is 5.75 Å². The van der Waals surface area contributed by atoms with Crippen LogP contribution in [0.5, 0.6) is 17.2 Å². The van der Waals surface area contributed by atoms with Crippen LogP contribution in [0.1, 0.15) is 11.1 Å². The summed E-state index contributed by atoms with van der Waals surface area (Å²) >= 11 is 1.73. The number of methoxy groups -OCH3 is 3. The molecule has 150 valence electrons. The zero-order chi connectivity index (χ0) is 19.8. The number of hydrogen-bond acceptors (Lipinski definition) is 7. The highest BCUT2D eigenvalue weighted by Crippen LogP contribution is 2.27. The minimum absolute atomic E-state index is 0.714. The average molecular weight is 402 g/mol. The van der Waals surface area contributed by atoms with E-state index in [-0.39, 0.29) is 0 Å². The number of thioether (sulfide) groups is 1. The molecule has 0 bridgehead atoms. The summed E-state index contributed by atoms with van der Waals surface area (Å²) in [5.41, 5.74) is 2.48. The second-order valence-corrected chi connectivity index (χ2v) is 7.37. The van der Waals surface area contributed by atoms with Gasteiger partial charge in [0.2, 0.25) is 0 Å². The molecule has 1 heterocycles. The molecule has 0 aliphatic carbocycles. The third kappa shape index (κ3) is 5.56. The zero-order valence-electron chi connectivity index (χ0n) is 16.6. The van der Waals surface area contributed by atoms with Crippen LogP contribution in [0.3, 0.4) is 0 Å². The molecule has 0 amide bonds. The molecule has 0 atom stereocenters. The van der Waals surface area contributed by atoms with E-state index in [1.54, 1.807) is 33.1 Å². The topological polar surface area (TPSA) is 55.3 Å². The summed E-state index contributed by atoms with van der Waals surface area (Å²) in [5.74, 6) is 3.30. The molecule has 28 heavy (non-hydrogen) atoms. The maximum absolute atomic E-state index is 5.38. The Kier molecular flexibility index (Phi) is 7.45. The summed E-state index contributed by atoms with van der Waals surface area (Å²) in [6.07, 6.45) is 0.936. The van der Waals surface area contributed by atoms with Crippen LogP contribution in [0.4, 0.5) is 0 Å². The van der Waals surface area contributed by atoms with E-state index in [2.05, 4.69) is 33.4 Å². The van der Waals surface area contributed by atoms with Gasteiger partial charge in [-0.15, -0.1) is 0 Å². The highest BCUT2D eigenvalue weighted by molar-refractivity contribution is 8.13. The highest BCUT2D eigenvalue weighted by Gasteiger charge is 2.13. The molecule has 0 saturated carbocycles. The van der Waals surface area contributed by atoms with Crippen molar-refractivity contribution in [2.24, 2.45) is 4.99 Å². The molecule has 2 aromatic rings. The van der Waals surface area contributed by atoms with Gasteiger partial charge in [-0.3, -0.25) is 4.90 Å². The Hall–Kier alpha value is -2.38. The first-order chi connectivity index (χ1) is 13.7. The molecule has 3 rings (SSSR count). The third-order valence-corrected chi connectivity index (χ3v) is 5.59. The third-order valence-electron chi connectivity index (χ3n) is 4.57. The predicted octanol–water partition coefficient (Wildman–Crippen LogP) is 3.36. The van der Waals surface area contributed by atoms with E-state index in [9.17, 15) is 0 Å². The van der Waals surface area contributed by atoms with Gasteiger partial charge in [-0.05, 0) is 41.8 Å². The lowest BCUT2D eigenvalue weighted by atomic mass is 10.1. The van der Waals surface area contributed by atoms with Gasteiger partial charge in [-0.1, -0.05) is 30.0 Å². The molecule has 0 aromatic heterocycles. The van der Waals surface area contributed by atoms with Gasteiger partial charge in [-0.2, -0.15) is 0 Å². The van der Waals surface area contributed by atoms with Crippen molar-refractivity contribution in [3.05, 3.63) is 53.6 Å². The maximum Gasteiger partial charge on any atom is 0.160 e. The standard InChI is InChI=1S/C21H27N3O3S/c1-25-18-7-4-17(5-8-18)13-28-21-22-14-24(15-23-21)11-10-16-6-9-19(26-2)20(12-16)27-3/h4-9,12H,10-11,13-15H2,1-3H3,(H,22,23). The summed E-state index contributed by atoms with van der Waals surface area (Å²) in [6.45, 7) is 2.45. The van der Waals surface area contributed by atoms with Crippen LogP contribution in [0, 0.1) is 0 Å². The van der Waals surface area contributed by atoms with Gasteiger partial charge in [-0.25, -0.2) is 4.99 Å². The zero-order valence-corrected chi connectivity index (χ0v) is 17.4. The van der Waals surface area contributed by atoms with Crippen molar-refractivity contribution in [3.8, 4) is 17.2 Å². The van der Waals surface area contributed by atoms with Gasteiger partial charge in [0.15, 0.2) is 16.7 Å². The van der Waals surface area contributed by atoms with E-state index in [0.717, 1.165) is 47.8 Å². The van der Waals surface area contributed by atoms with E-state index in [1.807, 2.05) is 24.3 Å². The molecular weight excluding hydrogens is 374 g/mol. The summed E-state index contributed by atoms with van der Waals surface area (Å²) in [5, 5.41) is 4.41. The Morgan fingerprint density at radius 1 is 0.964 bits per heavy atom. The fourth-order valence-corrected chi connectivity index (χ4v) is 3.70. The van der Waals surface area contributed by atoms with E-state index >= 15 is 0 Å². The van der Waals surface area contributed by atoms with Gasteiger partial charge in [0.25, 0.3) is 0 Å². The van der Waals surface area contributed by atoms with Crippen LogP contribution in [0.2, 0.25) is 0 Å². The van der Waals surface area contributed by atoms with Crippen molar-refractivity contribution >= 4 is 16.9 Å². The predicted molar refractivity (Wildman–Crippen MR) is 115 cm³/mol. The van der Waals surface area contributed by atoms with E-state index in [1.165, 1.54) is 11.1 Å². The first kappa shape index (κ1) is 20.4. The van der Waals surface area contributed by atoms with Crippen LogP contribution in [0.25, 0.3) is 0 Å². The second-order valence-electron chi connectivity index (χ2n) is 6.41. The molecule has 7 heteroatoms. The van der Waals surface area contributed by atoms with E-state index < -0.39 is 0 Å². The normalized spacial score (nSPS) is 14.2. The molecule has 0 fully saturated rings. The van der Waals surface area contributed by atoms with E-state index in [4.69, 9.17) is 14.2 Å². The molecule has 0 unspecified atom stereocenters. The molecule has 0 radical (unpaired) electrons. The number of rotatable bonds is 8. The van der Waals surface area contributed by atoms with Gasteiger partial charge in [0, 0.05) is 12.3 Å². The first-order valence-corrected chi connectivity index (χ1v) is 10.2. The van der Waals surface area contributed by atoms with Crippen molar-refractivity contribution < 1.29 is 14.2 Å². The minimum Gasteiger partial charge on any atom is -0.497 e. The SMILES string of the molecule is COc1ccc(CSC2=NCN(CCc3ccc(OC)c(OC)c3)CN2)cc1. The summed E-state index contributed by atoms with van der Waals surface area (Å²) in [6, 6.07) is 14.2. The van der Waals surface area contributed by atoms with E-state index in [0.29, 0.717) is 6.67 Å². The van der Waals surface area contributed by atoms with Gasteiger partial charge < -0.3 is 19.5 Å². The summed E-state index contributed by atoms with van der Waals surface area (Å²) in [7, 11) is 5.00. The lowest BCUT2D eigenvalue weighted by Gasteiger charge is -2.26. The van der Waals surface area contributed by atoms with Crippen LogP contribution in [-0.4, -0.2) is 51.3 Å². The van der Waals surface area contributed by atoms with Crippen LogP contribution < -0.4 is 19.5 Å². The van der Waals surface area contributed by atoms with Gasteiger partial charge >= 0.3 is 0 Å². The van der Waals surface area contributed by atoms with Crippen molar-refractivity contribution in [1.82, 2.24) is 10.2 Å². The molecule has 1 aliphatic heterocycles. The lowest BCUT2D eigenvalue weighted by molar-refractivity contribution is 0.270. The first-order valence-electron chi connectivity index (χ1n) is 9.19. The molecule has 0 spiro atoms. The smallest absolute Gasteiger partial charge is 0.160 e. The fraction of sp³-hybridized carbons (Fsp3) is 0.381. The van der Waals surface area contributed by atoms with Crippen LogP contribution in [-0.2, 0) is 12.2 Å². The molecule has 6 nitrogen and oxygen atoms in total. The quantitative estimate of drug-likeness (QED) is 0.732. The van der Waals surface area contributed by atoms with Crippen molar-refractivity contribution in [1.29, 1.82) is 0 Å². The average Bonchev–Trinajstić information content (AvgIpc) is 2.77. The van der Waals surface area contributed by atoms with Gasteiger partial charge in [0.05, 0.1) is 34.7 Å². The molecule has 0 saturated heterocycles. The Bertz CT molecular complexity index is 796. The van der Waals surface area contributed by atoms with Crippen LogP contribution in [0.15, 0.2) is 47.5 Å². The number of benzene rings is 2. The van der Waals surface area contributed by atoms with Crippen molar-refractivity contribution in [2.75, 3.05) is 41.2 Å². The number of aliphatic imine (C=N–C) groups is 1. The maximum atomic E-state index is 5.38. The Balaban J connectivity index is 1.44. The van der Waals surface area contributed by atoms with Crippen molar-refractivity contribution in [2.45, 2.75) is 12.2 Å². The lowest BCUT2D eigenvalue weighted by Crippen LogP contribution is -2.42. The molecule has 2 aromatic carbocycles. The minimum atomic E-state index is 0.714.